The predicted octanol–water partition coefficient (Wildman–Crippen LogP) is 2.82. The summed E-state index contributed by atoms with van der Waals surface area (Å²) in [6.07, 6.45) is 1.68. The van der Waals surface area contributed by atoms with Crippen LogP contribution in [0.25, 0.3) is 0 Å². The minimum Gasteiger partial charge on any atom is -0.333 e. The summed E-state index contributed by atoms with van der Waals surface area (Å²) >= 11 is 1.71. The molecule has 0 bridgehead atoms. The quantitative estimate of drug-likeness (QED) is 0.518. The molecule has 18 heavy (non-hydrogen) atoms. The van der Waals surface area contributed by atoms with E-state index in [9.17, 15) is 14.5 Å². The highest BCUT2D eigenvalue weighted by atomic mass is 127. The van der Waals surface area contributed by atoms with Crippen LogP contribution in [-0.4, -0.2) is 14.7 Å². The van der Waals surface area contributed by atoms with E-state index in [1.165, 1.54) is 10.7 Å². The van der Waals surface area contributed by atoms with E-state index in [1.807, 2.05) is 0 Å². The van der Waals surface area contributed by atoms with Crippen LogP contribution in [0, 0.1) is 19.5 Å². The molecule has 8 heteroatoms. The Bertz CT molecular complexity index is 614. The molecule has 0 fully saturated rings. The van der Waals surface area contributed by atoms with Crippen molar-refractivity contribution in [3.63, 3.8) is 0 Å². The van der Waals surface area contributed by atoms with E-state index in [-0.39, 0.29) is 14.9 Å². The van der Waals surface area contributed by atoms with Gasteiger partial charge in [-0.1, -0.05) is 0 Å². The molecular weight excluding hydrogens is 354 g/mol. The standard InChI is InChI=1S/C10H8FIN4O2/c1-15-3-2-10(14-15)13-8-4-6(11)7(12)5-9(8)16(17)18/h2-5H,1H3,(H,13,14). The summed E-state index contributed by atoms with van der Waals surface area (Å²) < 4.78 is 15.2. The fourth-order valence-electron chi connectivity index (χ4n) is 1.41. The highest BCUT2D eigenvalue weighted by Crippen LogP contribution is 2.30. The Morgan fingerprint density at radius 1 is 1.56 bits per heavy atom. The molecule has 2 aromatic rings. The Balaban J connectivity index is 2.42. The molecule has 0 atom stereocenters. The van der Waals surface area contributed by atoms with Crippen molar-refractivity contribution in [3.05, 3.63) is 43.9 Å². The van der Waals surface area contributed by atoms with Crippen molar-refractivity contribution < 1.29 is 9.31 Å². The van der Waals surface area contributed by atoms with Crippen molar-refractivity contribution in [3.8, 4) is 0 Å². The summed E-state index contributed by atoms with van der Waals surface area (Å²) in [5.74, 6) is -0.0964. The molecule has 0 unspecified atom stereocenters. The average molecular weight is 362 g/mol. The van der Waals surface area contributed by atoms with Crippen molar-refractivity contribution >= 4 is 39.8 Å². The number of nitro groups is 1. The molecule has 2 rings (SSSR count). The Morgan fingerprint density at radius 3 is 2.83 bits per heavy atom. The number of anilines is 2. The fourth-order valence-corrected chi connectivity index (χ4v) is 1.86. The van der Waals surface area contributed by atoms with Crippen LogP contribution < -0.4 is 5.32 Å². The number of rotatable bonds is 3. The molecule has 0 saturated heterocycles. The summed E-state index contributed by atoms with van der Waals surface area (Å²) in [4.78, 5) is 10.3. The molecule has 0 aliphatic heterocycles. The monoisotopic (exact) mass is 362 g/mol. The van der Waals surface area contributed by atoms with E-state index in [0.29, 0.717) is 5.82 Å². The maximum Gasteiger partial charge on any atom is 0.293 e. The van der Waals surface area contributed by atoms with Crippen molar-refractivity contribution in [2.45, 2.75) is 0 Å². The Hall–Kier alpha value is -1.71. The van der Waals surface area contributed by atoms with Crippen molar-refractivity contribution in [1.29, 1.82) is 0 Å². The number of aryl methyl sites for hydroxylation is 1. The van der Waals surface area contributed by atoms with Crippen LogP contribution in [0.3, 0.4) is 0 Å². The average Bonchev–Trinajstić information content (AvgIpc) is 2.68. The number of nitrogens with zero attached hydrogens (tertiary/aromatic N) is 3. The van der Waals surface area contributed by atoms with Gasteiger partial charge in [0.15, 0.2) is 5.82 Å². The third-order valence-electron chi connectivity index (χ3n) is 2.21. The Morgan fingerprint density at radius 2 is 2.28 bits per heavy atom. The molecule has 1 aromatic heterocycles. The van der Waals surface area contributed by atoms with Crippen LogP contribution in [0.2, 0.25) is 0 Å². The summed E-state index contributed by atoms with van der Waals surface area (Å²) in [6, 6.07) is 3.91. The number of nitro benzene ring substituents is 1. The first-order valence-corrected chi connectivity index (χ1v) is 5.95. The lowest BCUT2D eigenvalue weighted by Gasteiger charge is -2.05. The molecule has 0 aliphatic carbocycles. The molecule has 0 amide bonds. The minimum absolute atomic E-state index is 0.0802. The maximum atomic E-state index is 13.4. The highest BCUT2D eigenvalue weighted by Gasteiger charge is 2.18. The van der Waals surface area contributed by atoms with E-state index in [0.717, 1.165) is 6.07 Å². The van der Waals surface area contributed by atoms with Gasteiger partial charge in [-0.3, -0.25) is 14.8 Å². The zero-order valence-corrected chi connectivity index (χ0v) is 11.4. The second kappa shape index (κ2) is 4.88. The van der Waals surface area contributed by atoms with Crippen molar-refractivity contribution in [2.75, 3.05) is 5.32 Å². The summed E-state index contributed by atoms with van der Waals surface area (Å²) in [5.41, 5.74) is -0.108. The van der Waals surface area contributed by atoms with E-state index in [4.69, 9.17) is 0 Å². The van der Waals surface area contributed by atoms with Gasteiger partial charge < -0.3 is 5.32 Å². The van der Waals surface area contributed by atoms with Gasteiger partial charge in [0, 0.05) is 31.4 Å². The van der Waals surface area contributed by atoms with Crippen molar-refractivity contribution in [1.82, 2.24) is 9.78 Å². The lowest BCUT2D eigenvalue weighted by Crippen LogP contribution is -2.00. The molecule has 0 spiro atoms. The summed E-state index contributed by atoms with van der Waals surface area (Å²) in [7, 11) is 1.72. The Kier molecular flexibility index (Phi) is 3.45. The number of aromatic nitrogens is 2. The number of hydrogen-bond acceptors (Lipinski definition) is 4. The zero-order valence-electron chi connectivity index (χ0n) is 9.22. The molecular formula is C10H8FIN4O2. The highest BCUT2D eigenvalue weighted by molar-refractivity contribution is 14.1. The SMILES string of the molecule is Cn1ccc(Nc2cc(F)c(I)cc2[N+](=O)[O-])n1. The van der Waals surface area contributed by atoms with Gasteiger partial charge in [0.05, 0.1) is 8.49 Å². The largest absolute Gasteiger partial charge is 0.333 e. The maximum absolute atomic E-state index is 13.4. The molecule has 0 saturated carbocycles. The van der Waals surface area contributed by atoms with Crippen molar-refractivity contribution in [2.24, 2.45) is 7.05 Å². The van der Waals surface area contributed by atoms with E-state index in [2.05, 4.69) is 10.4 Å². The fraction of sp³-hybridized carbons (Fsp3) is 0.100. The van der Waals surface area contributed by atoms with Gasteiger partial charge in [-0.15, -0.1) is 0 Å². The van der Waals surface area contributed by atoms with Gasteiger partial charge in [-0.25, -0.2) is 4.39 Å². The van der Waals surface area contributed by atoms with Gasteiger partial charge >= 0.3 is 0 Å². The predicted molar refractivity (Wildman–Crippen MR) is 72.3 cm³/mol. The second-order valence-electron chi connectivity index (χ2n) is 3.54. The normalized spacial score (nSPS) is 10.4. The molecule has 0 aliphatic rings. The molecule has 94 valence electrons. The zero-order chi connectivity index (χ0) is 13.3. The van der Waals surface area contributed by atoms with Gasteiger partial charge in [0.25, 0.3) is 5.69 Å². The minimum atomic E-state index is -0.563. The molecule has 1 N–H and O–H groups in total. The van der Waals surface area contributed by atoms with Crippen LogP contribution in [0.5, 0.6) is 0 Å². The smallest absolute Gasteiger partial charge is 0.293 e. The summed E-state index contributed by atoms with van der Waals surface area (Å²) in [5, 5.41) is 17.6. The van der Waals surface area contributed by atoms with Crippen LogP contribution in [0.15, 0.2) is 24.4 Å². The van der Waals surface area contributed by atoms with Crippen LogP contribution in [-0.2, 0) is 7.05 Å². The Labute approximate surface area is 115 Å². The van der Waals surface area contributed by atoms with Crippen LogP contribution in [0.1, 0.15) is 0 Å². The first-order valence-electron chi connectivity index (χ1n) is 4.87. The topological polar surface area (TPSA) is 73.0 Å². The van der Waals surface area contributed by atoms with E-state index < -0.39 is 10.7 Å². The van der Waals surface area contributed by atoms with Gasteiger partial charge in [0.1, 0.15) is 11.5 Å². The number of hydrogen-bond donors (Lipinski definition) is 1. The van der Waals surface area contributed by atoms with Gasteiger partial charge in [-0.2, -0.15) is 5.10 Å². The van der Waals surface area contributed by atoms with Crippen LogP contribution >= 0.6 is 22.6 Å². The lowest BCUT2D eigenvalue weighted by molar-refractivity contribution is -0.384. The molecule has 1 aromatic carbocycles. The van der Waals surface area contributed by atoms with Gasteiger partial charge in [-0.05, 0) is 22.6 Å². The first kappa shape index (κ1) is 12.7. The number of benzene rings is 1. The van der Waals surface area contributed by atoms with Crippen LogP contribution in [0.4, 0.5) is 21.6 Å². The number of nitrogens with one attached hydrogen (secondary N) is 1. The van der Waals surface area contributed by atoms with E-state index >= 15 is 0 Å². The molecule has 1 heterocycles. The van der Waals surface area contributed by atoms with Gasteiger partial charge in [0.2, 0.25) is 0 Å². The third kappa shape index (κ3) is 2.58. The molecule has 0 radical (unpaired) electrons. The lowest BCUT2D eigenvalue weighted by atomic mass is 10.2. The second-order valence-corrected chi connectivity index (χ2v) is 4.70. The number of halogens is 2. The third-order valence-corrected chi connectivity index (χ3v) is 3.04. The first-order chi connectivity index (χ1) is 8.47. The summed E-state index contributed by atoms with van der Waals surface area (Å²) in [6.45, 7) is 0. The molecule has 6 nitrogen and oxygen atoms in total. The van der Waals surface area contributed by atoms with E-state index in [1.54, 1.807) is 41.9 Å².